The van der Waals surface area contributed by atoms with Crippen LogP contribution in [-0.2, 0) is 12.6 Å². The summed E-state index contributed by atoms with van der Waals surface area (Å²) in [6, 6.07) is 10.6. The number of benzene rings is 1. The molecule has 1 aromatic carbocycles. The van der Waals surface area contributed by atoms with E-state index in [1.807, 2.05) is 38.4 Å². The smallest absolute Gasteiger partial charge is 0.102 e. The first kappa shape index (κ1) is 16.1. The minimum atomic E-state index is -0.931. The predicted molar refractivity (Wildman–Crippen MR) is 88.3 cm³/mol. The first-order chi connectivity index (χ1) is 10.0. The molecular weight excluding hydrogens is 282 g/mol. The summed E-state index contributed by atoms with van der Waals surface area (Å²) in [4.78, 5) is 0. The summed E-state index contributed by atoms with van der Waals surface area (Å²) in [5.41, 5.74) is 1.14. The van der Waals surface area contributed by atoms with Crippen molar-refractivity contribution in [2.24, 2.45) is 7.05 Å². The van der Waals surface area contributed by atoms with Gasteiger partial charge in [0.2, 0.25) is 0 Å². The van der Waals surface area contributed by atoms with Gasteiger partial charge in [-0.3, -0.25) is 4.68 Å². The van der Waals surface area contributed by atoms with Gasteiger partial charge in [0.15, 0.2) is 0 Å². The zero-order valence-electron chi connectivity index (χ0n) is 12.8. The first-order valence-electron chi connectivity index (χ1n) is 7.01. The molecule has 114 valence electrons. The van der Waals surface area contributed by atoms with Crippen LogP contribution in [0.2, 0.25) is 0 Å². The van der Waals surface area contributed by atoms with E-state index in [9.17, 15) is 5.11 Å². The number of nitrogens with one attached hydrogen (secondary N) is 1. The molecule has 0 fully saturated rings. The van der Waals surface area contributed by atoms with Crippen LogP contribution in [0.5, 0.6) is 0 Å². The molecule has 0 radical (unpaired) electrons. The van der Waals surface area contributed by atoms with Crippen molar-refractivity contribution in [1.29, 1.82) is 0 Å². The molecule has 2 aromatic rings. The quantitative estimate of drug-likeness (QED) is 0.824. The van der Waals surface area contributed by atoms with Crippen LogP contribution in [0.1, 0.15) is 24.1 Å². The second-order valence-electron chi connectivity index (χ2n) is 5.48. The van der Waals surface area contributed by atoms with Gasteiger partial charge in [0, 0.05) is 37.1 Å². The molecule has 0 saturated carbocycles. The minimum absolute atomic E-state index is 0.226. The van der Waals surface area contributed by atoms with E-state index >= 15 is 0 Å². The largest absolute Gasteiger partial charge is 0.384 e. The van der Waals surface area contributed by atoms with Gasteiger partial charge in [-0.05, 0) is 18.7 Å². The standard InChI is InChI=1S/C16H23N3OS/c1-16(20,14-9-18-19(2)10-14)12-17-15(11-21-3)13-7-5-4-6-8-13/h4-10,15,17,20H,11-12H2,1-3H3. The van der Waals surface area contributed by atoms with Crippen LogP contribution in [0.3, 0.4) is 0 Å². The van der Waals surface area contributed by atoms with Crippen LogP contribution in [0.4, 0.5) is 0 Å². The van der Waals surface area contributed by atoms with Gasteiger partial charge < -0.3 is 10.4 Å². The summed E-state index contributed by atoms with van der Waals surface area (Å²) in [6.45, 7) is 2.30. The molecule has 0 bridgehead atoms. The third-order valence-corrected chi connectivity index (χ3v) is 4.22. The number of nitrogens with zero attached hydrogens (tertiary/aromatic N) is 2. The highest BCUT2D eigenvalue weighted by Gasteiger charge is 2.26. The molecule has 2 unspecified atom stereocenters. The van der Waals surface area contributed by atoms with Crippen molar-refractivity contribution in [2.75, 3.05) is 18.6 Å². The molecule has 2 rings (SSSR count). The Labute approximate surface area is 130 Å². The summed E-state index contributed by atoms with van der Waals surface area (Å²) < 4.78 is 1.71. The normalized spacial score (nSPS) is 15.6. The Morgan fingerprint density at radius 1 is 1.38 bits per heavy atom. The van der Waals surface area contributed by atoms with Crippen molar-refractivity contribution in [2.45, 2.75) is 18.6 Å². The van der Waals surface area contributed by atoms with Crippen LogP contribution in [0, 0.1) is 0 Å². The van der Waals surface area contributed by atoms with Crippen molar-refractivity contribution >= 4 is 11.8 Å². The van der Waals surface area contributed by atoms with Gasteiger partial charge in [0.05, 0.1) is 6.20 Å². The Morgan fingerprint density at radius 3 is 2.67 bits per heavy atom. The third-order valence-electron chi connectivity index (χ3n) is 3.55. The fourth-order valence-corrected chi connectivity index (χ4v) is 2.89. The molecule has 4 nitrogen and oxygen atoms in total. The average molecular weight is 305 g/mol. The van der Waals surface area contributed by atoms with Gasteiger partial charge in [-0.1, -0.05) is 30.3 Å². The summed E-state index contributed by atoms with van der Waals surface area (Å²) in [5, 5.41) is 18.2. The van der Waals surface area contributed by atoms with E-state index in [1.54, 1.807) is 22.6 Å². The van der Waals surface area contributed by atoms with E-state index in [2.05, 4.69) is 28.8 Å². The molecule has 1 aromatic heterocycles. The van der Waals surface area contributed by atoms with Crippen LogP contribution < -0.4 is 5.32 Å². The van der Waals surface area contributed by atoms with Crippen molar-refractivity contribution in [3.05, 3.63) is 53.9 Å². The maximum absolute atomic E-state index is 10.6. The summed E-state index contributed by atoms with van der Waals surface area (Å²) in [6.07, 6.45) is 5.67. The number of aliphatic hydroxyl groups is 1. The van der Waals surface area contributed by atoms with Crippen LogP contribution in [0.25, 0.3) is 0 Å². The van der Waals surface area contributed by atoms with E-state index in [0.717, 1.165) is 11.3 Å². The first-order valence-corrected chi connectivity index (χ1v) is 8.41. The van der Waals surface area contributed by atoms with E-state index in [4.69, 9.17) is 0 Å². The van der Waals surface area contributed by atoms with Gasteiger partial charge in [0.25, 0.3) is 0 Å². The van der Waals surface area contributed by atoms with Crippen molar-refractivity contribution < 1.29 is 5.11 Å². The van der Waals surface area contributed by atoms with Crippen molar-refractivity contribution in [3.8, 4) is 0 Å². The molecule has 0 aliphatic rings. The molecule has 5 heteroatoms. The fraction of sp³-hybridized carbons (Fsp3) is 0.438. The van der Waals surface area contributed by atoms with Gasteiger partial charge in [-0.25, -0.2) is 0 Å². The van der Waals surface area contributed by atoms with E-state index < -0.39 is 5.60 Å². The number of aryl methyl sites for hydroxylation is 1. The lowest BCUT2D eigenvalue weighted by Crippen LogP contribution is -2.38. The van der Waals surface area contributed by atoms with Crippen molar-refractivity contribution in [1.82, 2.24) is 15.1 Å². The minimum Gasteiger partial charge on any atom is -0.384 e. The Morgan fingerprint density at radius 2 is 2.10 bits per heavy atom. The van der Waals surface area contributed by atoms with Crippen LogP contribution >= 0.6 is 11.8 Å². The summed E-state index contributed by atoms with van der Waals surface area (Å²) in [7, 11) is 1.85. The fourth-order valence-electron chi connectivity index (χ4n) is 2.25. The predicted octanol–water partition coefficient (Wildman–Crippen LogP) is 2.32. The highest BCUT2D eigenvalue weighted by atomic mass is 32.2. The molecule has 0 amide bonds. The average Bonchev–Trinajstić information content (AvgIpc) is 2.92. The second-order valence-corrected chi connectivity index (χ2v) is 6.39. The van der Waals surface area contributed by atoms with Gasteiger partial charge >= 0.3 is 0 Å². The molecule has 2 atom stereocenters. The zero-order valence-corrected chi connectivity index (χ0v) is 13.6. The van der Waals surface area contributed by atoms with Gasteiger partial charge in [-0.15, -0.1) is 0 Å². The topological polar surface area (TPSA) is 50.1 Å². The number of thioether (sulfide) groups is 1. The summed E-state index contributed by atoms with van der Waals surface area (Å²) in [5.74, 6) is 0.965. The monoisotopic (exact) mass is 305 g/mol. The molecule has 0 aliphatic carbocycles. The molecule has 2 N–H and O–H groups in total. The molecule has 0 aliphatic heterocycles. The molecule has 1 heterocycles. The third kappa shape index (κ3) is 4.33. The lowest BCUT2D eigenvalue weighted by molar-refractivity contribution is 0.0544. The SMILES string of the molecule is CSCC(NCC(C)(O)c1cnn(C)c1)c1ccccc1. The van der Waals surface area contributed by atoms with Crippen LogP contribution in [0.15, 0.2) is 42.7 Å². The Hall–Kier alpha value is -1.30. The number of hydrogen-bond acceptors (Lipinski definition) is 4. The Bertz CT molecular complexity index is 554. The lowest BCUT2D eigenvalue weighted by atomic mass is 9.98. The maximum atomic E-state index is 10.6. The maximum Gasteiger partial charge on any atom is 0.102 e. The number of aromatic nitrogens is 2. The Kier molecular flexibility index (Phi) is 5.45. The van der Waals surface area contributed by atoms with E-state index in [0.29, 0.717) is 6.54 Å². The number of hydrogen-bond donors (Lipinski definition) is 2. The lowest BCUT2D eigenvalue weighted by Gasteiger charge is -2.26. The van der Waals surface area contributed by atoms with E-state index in [-0.39, 0.29) is 6.04 Å². The van der Waals surface area contributed by atoms with Gasteiger partial charge in [-0.2, -0.15) is 16.9 Å². The zero-order chi connectivity index (χ0) is 15.3. The second kappa shape index (κ2) is 7.11. The molecule has 0 saturated heterocycles. The molecule has 0 spiro atoms. The van der Waals surface area contributed by atoms with Crippen LogP contribution in [-0.4, -0.2) is 33.4 Å². The van der Waals surface area contributed by atoms with Gasteiger partial charge in [0.1, 0.15) is 5.60 Å². The summed E-state index contributed by atoms with van der Waals surface area (Å²) >= 11 is 1.79. The van der Waals surface area contributed by atoms with E-state index in [1.165, 1.54) is 5.56 Å². The number of rotatable bonds is 7. The Balaban J connectivity index is 2.04. The highest BCUT2D eigenvalue weighted by molar-refractivity contribution is 7.98. The van der Waals surface area contributed by atoms with Crippen molar-refractivity contribution in [3.63, 3.8) is 0 Å². The molecular formula is C16H23N3OS. The highest BCUT2D eigenvalue weighted by Crippen LogP contribution is 2.22. The molecule has 21 heavy (non-hydrogen) atoms.